The molecule has 7 nitrogen and oxygen atoms in total. The van der Waals surface area contributed by atoms with Crippen molar-refractivity contribution in [3.05, 3.63) is 53.6 Å². The molecule has 156 valence electrons. The van der Waals surface area contributed by atoms with Crippen LogP contribution in [0.25, 0.3) is 0 Å². The van der Waals surface area contributed by atoms with Gasteiger partial charge in [0.25, 0.3) is 0 Å². The van der Waals surface area contributed by atoms with Crippen LogP contribution in [0.15, 0.2) is 42.5 Å². The lowest BCUT2D eigenvalue weighted by atomic mass is 9.70. The van der Waals surface area contributed by atoms with Crippen LogP contribution in [-0.4, -0.2) is 38.5 Å². The van der Waals surface area contributed by atoms with Crippen LogP contribution in [0.1, 0.15) is 31.9 Å². The summed E-state index contributed by atoms with van der Waals surface area (Å²) < 4.78 is 52.8. The lowest BCUT2D eigenvalue weighted by Gasteiger charge is -2.47. The predicted octanol–water partition coefficient (Wildman–Crippen LogP) is 1.73. The average Bonchev–Trinajstić information content (AvgIpc) is 2.52. The molecule has 0 aliphatic heterocycles. The van der Waals surface area contributed by atoms with Crippen molar-refractivity contribution in [1.29, 1.82) is 0 Å². The summed E-state index contributed by atoms with van der Waals surface area (Å²) in [6.45, 7) is 7.08. The quantitative estimate of drug-likeness (QED) is 0.636. The number of hydrogen-bond acceptors (Lipinski definition) is 5. The van der Waals surface area contributed by atoms with E-state index < -0.39 is 36.3 Å². The Kier molecular flexibility index (Phi) is 6.16. The van der Waals surface area contributed by atoms with Crippen molar-refractivity contribution in [2.24, 2.45) is 10.6 Å². The van der Waals surface area contributed by atoms with E-state index in [1.807, 2.05) is 6.92 Å². The molecule has 2 atom stereocenters. The molecule has 4 N–H and O–H groups in total. The van der Waals surface area contributed by atoms with Crippen LogP contribution >= 0.6 is 0 Å². The monoisotopic (exact) mass is 428 g/mol. The number of allylic oxidation sites excluding steroid dienone is 2. The van der Waals surface area contributed by atoms with E-state index in [2.05, 4.69) is 4.72 Å². The van der Waals surface area contributed by atoms with Crippen LogP contribution in [0.4, 0.5) is 0 Å². The normalized spacial score (nSPS) is 23.1. The third-order valence-corrected chi connectivity index (χ3v) is 7.63. The molecule has 0 bridgehead atoms. The van der Waals surface area contributed by atoms with Crippen molar-refractivity contribution >= 4 is 20.0 Å². The van der Waals surface area contributed by atoms with Gasteiger partial charge in [-0.3, -0.25) is 0 Å². The Labute approximate surface area is 167 Å². The average molecular weight is 429 g/mol. The maximum atomic E-state index is 12.9. The molecule has 0 saturated carbocycles. The molecule has 1 aromatic rings. The van der Waals surface area contributed by atoms with Crippen LogP contribution < -0.4 is 9.86 Å². The van der Waals surface area contributed by atoms with Crippen LogP contribution in [0.3, 0.4) is 0 Å². The number of phenolic OH excluding ortho intramolecular Hbond substituents is 1. The van der Waals surface area contributed by atoms with Crippen LogP contribution in [0.5, 0.6) is 5.75 Å². The largest absolute Gasteiger partial charge is 0.508 e. The second-order valence-electron chi connectivity index (χ2n) is 8.18. The Balaban J connectivity index is 2.36. The Morgan fingerprint density at radius 3 is 2.36 bits per heavy atom. The molecule has 0 radical (unpaired) electrons. The second kappa shape index (κ2) is 7.62. The summed E-state index contributed by atoms with van der Waals surface area (Å²) in [6, 6.07) is 5.03. The van der Waals surface area contributed by atoms with E-state index in [-0.39, 0.29) is 17.9 Å². The van der Waals surface area contributed by atoms with E-state index >= 15 is 0 Å². The molecule has 2 rings (SSSR count). The second-order valence-corrected chi connectivity index (χ2v) is 11.7. The maximum absolute atomic E-state index is 12.9. The van der Waals surface area contributed by atoms with Gasteiger partial charge in [0.05, 0.1) is 11.3 Å². The molecule has 0 heterocycles. The van der Waals surface area contributed by atoms with Gasteiger partial charge in [-0.2, -0.15) is 0 Å². The Hall–Kier alpha value is -1.68. The molecule has 9 heteroatoms. The first-order valence-electron chi connectivity index (χ1n) is 8.86. The number of rotatable bonds is 6. The van der Waals surface area contributed by atoms with Crippen molar-refractivity contribution in [3.63, 3.8) is 0 Å². The first-order valence-corrected chi connectivity index (χ1v) is 12.1. The molecule has 0 aromatic heterocycles. The Bertz CT molecular complexity index is 1010. The van der Waals surface area contributed by atoms with Crippen molar-refractivity contribution in [2.75, 3.05) is 5.75 Å². The van der Waals surface area contributed by atoms with Crippen LogP contribution in [0, 0.1) is 12.3 Å². The summed E-state index contributed by atoms with van der Waals surface area (Å²) >= 11 is 0. The number of aryl methyl sites for hydroxylation is 2. The minimum Gasteiger partial charge on any atom is -0.508 e. The first kappa shape index (κ1) is 22.6. The minimum atomic E-state index is -4.07. The van der Waals surface area contributed by atoms with Crippen molar-refractivity contribution in [1.82, 2.24) is 4.72 Å². The molecule has 0 saturated heterocycles. The van der Waals surface area contributed by atoms with Gasteiger partial charge in [-0.1, -0.05) is 57.2 Å². The van der Waals surface area contributed by atoms with Gasteiger partial charge in [0.2, 0.25) is 20.0 Å². The highest BCUT2D eigenvalue weighted by molar-refractivity contribution is 7.90. The van der Waals surface area contributed by atoms with Gasteiger partial charge < -0.3 is 5.11 Å². The number of primary sulfonamides is 1. The third-order valence-electron chi connectivity index (χ3n) is 5.01. The van der Waals surface area contributed by atoms with E-state index in [4.69, 9.17) is 5.14 Å². The van der Waals surface area contributed by atoms with Crippen LogP contribution in [0.2, 0.25) is 0 Å². The predicted molar refractivity (Wildman–Crippen MR) is 111 cm³/mol. The number of nitrogens with one attached hydrogen (secondary N) is 1. The van der Waals surface area contributed by atoms with Gasteiger partial charge in [0.1, 0.15) is 11.0 Å². The summed E-state index contributed by atoms with van der Waals surface area (Å²) in [5.74, 6) is -0.278. The molecular weight excluding hydrogens is 400 g/mol. The van der Waals surface area contributed by atoms with E-state index in [1.54, 1.807) is 51.1 Å². The zero-order chi connectivity index (χ0) is 21.4. The molecule has 2 unspecified atom stereocenters. The van der Waals surface area contributed by atoms with E-state index in [9.17, 15) is 21.9 Å². The Morgan fingerprint density at radius 1 is 1.18 bits per heavy atom. The molecule has 0 spiro atoms. The fourth-order valence-electron chi connectivity index (χ4n) is 3.35. The summed E-state index contributed by atoms with van der Waals surface area (Å²) in [5.41, 5.74) is -0.861. The molecule has 1 aliphatic carbocycles. The summed E-state index contributed by atoms with van der Waals surface area (Å²) in [4.78, 5) is 0. The highest BCUT2D eigenvalue weighted by Gasteiger charge is 2.52. The lowest BCUT2D eigenvalue weighted by Crippen LogP contribution is -2.66. The summed E-state index contributed by atoms with van der Waals surface area (Å²) in [5, 5.41) is 14.2. The smallest absolute Gasteiger partial charge is 0.217 e. The molecule has 0 amide bonds. The molecule has 0 fully saturated rings. The summed E-state index contributed by atoms with van der Waals surface area (Å²) in [7, 11) is -7.98. The molecular formula is C19H28N2O5S2. The fourth-order valence-corrected chi connectivity index (χ4v) is 6.35. The van der Waals surface area contributed by atoms with Gasteiger partial charge in [0.15, 0.2) is 0 Å². The number of sulfonamides is 2. The van der Waals surface area contributed by atoms with Crippen LogP contribution in [-0.2, 0) is 26.5 Å². The zero-order valence-corrected chi connectivity index (χ0v) is 18.1. The third kappa shape index (κ3) is 4.83. The van der Waals surface area contributed by atoms with Gasteiger partial charge in [-0.25, -0.2) is 26.7 Å². The number of aromatic hydroxyl groups is 1. The summed E-state index contributed by atoms with van der Waals surface area (Å²) in [6.07, 6.45) is 6.18. The number of benzene rings is 1. The standard InChI is InChI=1S/C19H28N2O5S2/c1-14-8-9-15(16(22)13-14)10-12-27(23,24)21-19(18(2,3)4)11-6-5-7-17(19)28(20,25)26/h5-9,11,13,17,21-22H,10,12H2,1-4H3,(H2,20,25,26). The molecule has 1 aromatic carbocycles. The zero-order valence-electron chi connectivity index (χ0n) is 16.5. The highest BCUT2D eigenvalue weighted by Crippen LogP contribution is 2.40. The lowest BCUT2D eigenvalue weighted by molar-refractivity contribution is 0.221. The van der Waals surface area contributed by atoms with Gasteiger partial charge in [0, 0.05) is 0 Å². The van der Waals surface area contributed by atoms with E-state index in [1.165, 1.54) is 12.2 Å². The van der Waals surface area contributed by atoms with Crippen molar-refractivity contribution in [2.45, 2.75) is 44.9 Å². The SMILES string of the molecule is Cc1ccc(CCS(=O)(=O)NC2(C(C)(C)C)C=CC=CC2S(N)(=O)=O)c(O)c1. The van der Waals surface area contributed by atoms with Crippen molar-refractivity contribution < 1.29 is 21.9 Å². The van der Waals surface area contributed by atoms with E-state index in [0.29, 0.717) is 5.56 Å². The molecule has 28 heavy (non-hydrogen) atoms. The van der Waals surface area contributed by atoms with E-state index in [0.717, 1.165) is 5.56 Å². The highest BCUT2D eigenvalue weighted by atomic mass is 32.2. The van der Waals surface area contributed by atoms with Gasteiger partial charge >= 0.3 is 0 Å². The van der Waals surface area contributed by atoms with Gasteiger partial charge in [-0.05, 0) is 36.0 Å². The topological polar surface area (TPSA) is 127 Å². The number of nitrogens with two attached hydrogens (primary N) is 1. The minimum absolute atomic E-state index is 0.0312. The molecule has 1 aliphatic rings. The fraction of sp³-hybridized carbons (Fsp3) is 0.474. The maximum Gasteiger partial charge on any atom is 0.217 e. The number of hydrogen-bond donors (Lipinski definition) is 3. The van der Waals surface area contributed by atoms with Gasteiger partial charge in [-0.15, -0.1) is 0 Å². The van der Waals surface area contributed by atoms with Crippen molar-refractivity contribution in [3.8, 4) is 5.75 Å². The Morgan fingerprint density at radius 2 is 1.82 bits per heavy atom. The first-order chi connectivity index (χ1) is 12.7. The number of phenols is 1.